The first-order valence-electron chi connectivity index (χ1n) is 7.82. The van der Waals surface area contributed by atoms with Crippen molar-refractivity contribution in [3.05, 3.63) is 29.8 Å². The second kappa shape index (κ2) is 9.03. The first-order chi connectivity index (χ1) is 11.6. The fraction of sp³-hybridized carbons (Fsp3) is 0.533. The highest BCUT2D eigenvalue weighted by Gasteiger charge is 2.33. The van der Waals surface area contributed by atoms with Crippen LogP contribution in [0.4, 0.5) is 13.2 Å². The van der Waals surface area contributed by atoms with Crippen LogP contribution in [0.15, 0.2) is 29.2 Å². The number of nitrogens with one attached hydrogen (secondary N) is 1. The molecule has 26 heavy (non-hydrogen) atoms. The molecule has 6 nitrogen and oxygen atoms in total. The molecule has 148 valence electrons. The van der Waals surface area contributed by atoms with Crippen LogP contribution in [0.2, 0.25) is 0 Å². The Bertz CT molecular complexity index is 711. The lowest BCUT2D eigenvalue weighted by Gasteiger charge is -2.33. The molecule has 1 aromatic rings. The highest BCUT2D eigenvalue weighted by Crippen LogP contribution is 2.25. The molecule has 1 unspecified atom stereocenters. The highest BCUT2D eigenvalue weighted by atomic mass is 35.5. The van der Waals surface area contributed by atoms with E-state index < -0.39 is 28.7 Å². The van der Waals surface area contributed by atoms with Crippen molar-refractivity contribution in [2.45, 2.75) is 36.4 Å². The molecule has 1 aliphatic heterocycles. The summed E-state index contributed by atoms with van der Waals surface area (Å²) in [7, 11) is -3.76. The molecule has 0 bridgehead atoms. The van der Waals surface area contributed by atoms with Gasteiger partial charge in [-0.05, 0) is 37.1 Å². The number of hydrogen-bond acceptors (Lipinski definition) is 4. The molecule has 1 saturated heterocycles. The topological polar surface area (TPSA) is 92.5 Å². The summed E-state index contributed by atoms with van der Waals surface area (Å²) in [5.74, 6) is -0.918. The maximum Gasteiger partial charge on any atom is 0.405 e. The van der Waals surface area contributed by atoms with Crippen molar-refractivity contribution in [2.75, 3.05) is 19.6 Å². The normalized spacial score (nSPS) is 18.8. The number of nitrogens with zero attached hydrogens (tertiary/aromatic N) is 1. The lowest BCUT2D eigenvalue weighted by atomic mass is 10.1. The summed E-state index contributed by atoms with van der Waals surface area (Å²) in [4.78, 5) is 11.7. The second-order valence-corrected chi connectivity index (χ2v) is 7.71. The van der Waals surface area contributed by atoms with E-state index in [1.54, 1.807) is 5.32 Å². The Morgan fingerprint density at radius 1 is 1.23 bits per heavy atom. The number of nitrogens with two attached hydrogens (primary N) is 1. The van der Waals surface area contributed by atoms with E-state index in [1.165, 1.54) is 28.6 Å². The quantitative estimate of drug-likeness (QED) is 0.768. The van der Waals surface area contributed by atoms with Crippen LogP contribution in [-0.2, 0) is 10.0 Å². The molecule has 0 radical (unpaired) electrons. The van der Waals surface area contributed by atoms with Gasteiger partial charge in [0.25, 0.3) is 5.91 Å². The van der Waals surface area contributed by atoms with Gasteiger partial charge in [-0.15, -0.1) is 12.4 Å². The minimum Gasteiger partial charge on any atom is -0.343 e. The van der Waals surface area contributed by atoms with Crippen molar-refractivity contribution in [1.82, 2.24) is 9.62 Å². The van der Waals surface area contributed by atoms with E-state index in [0.29, 0.717) is 13.0 Å². The minimum absolute atomic E-state index is 0. The number of benzene rings is 1. The van der Waals surface area contributed by atoms with Crippen LogP contribution in [0.1, 0.15) is 29.6 Å². The third kappa shape index (κ3) is 5.57. The summed E-state index contributed by atoms with van der Waals surface area (Å²) < 4.78 is 63.1. The third-order valence-electron chi connectivity index (χ3n) is 4.02. The number of carbonyl (C=O) groups excluding carboxylic acids is 1. The Balaban J connectivity index is 0.00000338. The van der Waals surface area contributed by atoms with E-state index in [1.807, 2.05) is 0 Å². The predicted octanol–water partition coefficient (Wildman–Crippen LogP) is 1.90. The summed E-state index contributed by atoms with van der Waals surface area (Å²) in [6, 6.07) is 4.56. The maximum absolute atomic E-state index is 12.7. The lowest BCUT2D eigenvalue weighted by Crippen LogP contribution is -2.47. The molecule has 1 aliphatic rings. The van der Waals surface area contributed by atoms with Crippen LogP contribution >= 0.6 is 12.4 Å². The molecule has 0 saturated carbocycles. The van der Waals surface area contributed by atoms with Crippen LogP contribution in [0, 0.1) is 0 Å². The molecular weight excluding hydrogens is 395 g/mol. The molecule has 2 rings (SSSR count). The number of sulfonamides is 1. The van der Waals surface area contributed by atoms with Gasteiger partial charge in [-0.3, -0.25) is 4.79 Å². The van der Waals surface area contributed by atoms with E-state index >= 15 is 0 Å². The van der Waals surface area contributed by atoms with Crippen LogP contribution in [0.5, 0.6) is 0 Å². The van der Waals surface area contributed by atoms with Crippen molar-refractivity contribution in [1.29, 1.82) is 0 Å². The average Bonchev–Trinajstić information content (AvgIpc) is 2.59. The van der Waals surface area contributed by atoms with Gasteiger partial charge in [0.1, 0.15) is 6.54 Å². The van der Waals surface area contributed by atoms with Gasteiger partial charge in [0.2, 0.25) is 10.0 Å². The average molecular weight is 416 g/mol. The molecule has 11 heteroatoms. The summed E-state index contributed by atoms with van der Waals surface area (Å²) in [5, 5.41) is 1.74. The SMILES string of the molecule is Cl.NCC1CCCCN1S(=O)(=O)c1ccc(C(=O)NCC(F)(F)F)cc1. The summed E-state index contributed by atoms with van der Waals surface area (Å²) >= 11 is 0. The van der Waals surface area contributed by atoms with Gasteiger partial charge in [0, 0.05) is 24.7 Å². The zero-order chi connectivity index (χ0) is 18.7. The fourth-order valence-corrected chi connectivity index (χ4v) is 4.43. The first-order valence-corrected chi connectivity index (χ1v) is 9.26. The molecule has 0 spiro atoms. The van der Waals surface area contributed by atoms with Crippen LogP contribution < -0.4 is 11.1 Å². The molecule has 1 heterocycles. The van der Waals surface area contributed by atoms with E-state index in [0.717, 1.165) is 12.8 Å². The zero-order valence-corrected chi connectivity index (χ0v) is 15.5. The van der Waals surface area contributed by atoms with Gasteiger partial charge >= 0.3 is 6.18 Å². The van der Waals surface area contributed by atoms with E-state index in [2.05, 4.69) is 0 Å². The lowest BCUT2D eigenvalue weighted by molar-refractivity contribution is -0.123. The van der Waals surface area contributed by atoms with Gasteiger partial charge in [0.15, 0.2) is 0 Å². The smallest absolute Gasteiger partial charge is 0.343 e. The molecule has 3 N–H and O–H groups in total. The van der Waals surface area contributed by atoms with Crippen LogP contribution in [-0.4, -0.2) is 50.5 Å². The Morgan fingerprint density at radius 3 is 2.38 bits per heavy atom. The number of rotatable bonds is 5. The van der Waals surface area contributed by atoms with Crippen molar-refractivity contribution in [3.8, 4) is 0 Å². The molecule has 0 aromatic heterocycles. The standard InChI is InChI=1S/C15H20F3N3O3S.ClH/c16-15(17,18)10-20-14(22)11-4-6-13(7-5-11)25(23,24)21-8-2-1-3-12(21)9-19;/h4-7,12H,1-3,8-10,19H2,(H,20,22);1H. The number of alkyl halides is 3. The minimum atomic E-state index is -4.51. The van der Waals surface area contributed by atoms with E-state index in [4.69, 9.17) is 5.73 Å². The van der Waals surface area contributed by atoms with Gasteiger partial charge in [-0.2, -0.15) is 17.5 Å². The Labute approximate surface area is 156 Å². The molecule has 1 amide bonds. The fourth-order valence-electron chi connectivity index (χ4n) is 2.72. The Kier molecular flexibility index (Phi) is 7.87. The van der Waals surface area contributed by atoms with Gasteiger partial charge in [-0.1, -0.05) is 6.42 Å². The van der Waals surface area contributed by atoms with Crippen molar-refractivity contribution in [2.24, 2.45) is 5.73 Å². The monoisotopic (exact) mass is 415 g/mol. The third-order valence-corrected chi connectivity index (χ3v) is 5.98. The predicted molar refractivity (Wildman–Crippen MR) is 92.7 cm³/mol. The summed E-state index contributed by atoms with van der Waals surface area (Å²) in [6.45, 7) is -0.854. The summed E-state index contributed by atoms with van der Waals surface area (Å²) in [5.41, 5.74) is 5.61. The molecule has 1 aromatic carbocycles. The Hall–Kier alpha value is -1.36. The van der Waals surface area contributed by atoms with Crippen molar-refractivity contribution in [3.63, 3.8) is 0 Å². The van der Waals surface area contributed by atoms with Gasteiger partial charge < -0.3 is 11.1 Å². The molecule has 1 fully saturated rings. The number of carbonyl (C=O) groups is 1. The van der Waals surface area contributed by atoms with Crippen LogP contribution in [0.3, 0.4) is 0 Å². The zero-order valence-electron chi connectivity index (χ0n) is 13.8. The molecular formula is C15H21ClF3N3O3S. The summed E-state index contributed by atoms with van der Waals surface area (Å²) in [6.07, 6.45) is -2.17. The number of halogens is 4. The molecule has 0 aliphatic carbocycles. The van der Waals surface area contributed by atoms with Crippen LogP contribution in [0.25, 0.3) is 0 Å². The number of amides is 1. The van der Waals surface area contributed by atoms with E-state index in [9.17, 15) is 26.4 Å². The Morgan fingerprint density at radius 2 is 1.85 bits per heavy atom. The number of piperidine rings is 1. The van der Waals surface area contributed by atoms with E-state index in [-0.39, 0.29) is 35.5 Å². The van der Waals surface area contributed by atoms with Crippen molar-refractivity contribution >= 4 is 28.3 Å². The maximum atomic E-state index is 12.7. The van der Waals surface area contributed by atoms with Gasteiger partial charge in [0.05, 0.1) is 4.90 Å². The largest absolute Gasteiger partial charge is 0.405 e. The van der Waals surface area contributed by atoms with Crippen molar-refractivity contribution < 1.29 is 26.4 Å². The first kappa shape index (κ1) is 22.7. The molecule has 1 atom stereocenters. The van der Waals surface area contributed by atoms with Gasteiger partial charge in [-0.25, -0.2) is 8.42 Å². The second-order valence-electron chi connectivity index (χ2n) is 5.82. The number of hydrogen-bond donors (Lipinski definition) is 2. The highest BCUT2D eigenvalue weighted by molar-refractivity contribution is 7.89.